The Labute approximate surface area is 130 Å². The smallest absolute Gasteiger partial charge is 0.181 e. The molecule has 2 heterocycles. The van der Waals surface area contributed by atoms with Gasteiger partial charge in [-0.25, -0.2) is 4.98 Å². The fourth-order valence-electron chi connectivity index (χ4n) is 3.19. The Morgan fingerprint density at radius 1 is 1.14 bits per heavy atom. The third kappa shape index (κ3) is 2.74. The number of hydrogen-bond donors (Lipinski definition) is 1. The Hall–Kier alpha value is -2.20. The van der Waals surface area contributed by atoms with Gasteiger partial charge in [0, 0.05) is 12.1 Å². The Kier molecular flexibility index (Phi) is 3.60. The molecule has 0 unspecified atom stereocenters. The highest BCUT2D eigenvalue weighted by Crippen LogP contribution is 2.22. The van der Waals surface area contributed by atoms with E-state index in [2.05, 4.69) is 57.9 Å². The van der Waals surface area contributed by atoms with Crippen LogP contribution >= 0.6 is 0 Å². The van der Waals surface area contributed by atoms with Crippen LogP contribution in [0, 0.1) is 5.92 Å². The second-order valence-electron chi connectivity index (χ2n) is 6.06. The first-order chi connectivity index (χ1) is 10.9. The van der Waals surface area contributed by atoms with Crippen LogP contribution < -0.4 is 5.32 Å². The third-order valence-corrected chi connectivity index (χ3v) is 4.39. The van der Waals surface area contributed by atoms with E-state index < -0.39 is 0 Å². The van der Waals surface area contributed by atoms with Crippen molar-refractivity contribution in [2.75, 3.05) is 13.1 Å². The Bertz CT molecular complexity index is 771. The minimum atomic E-state index is 0.667. The van der Waals surface area contributed by atoms with Crippen LogP contribution in [-0.4, -0.2) is 27.9 Å². The van der Waals surface area contributed by atoms with E-state index in [1.54, 1.807) is 0 Å². The van der Waals surface area contributed by atoms with E-state index in [9.17, 15) is 0 Å². The molecule has 1 aliphatic rings. The molecule has 1 aromatic heterocycles. The number of nitrogens with zero attached hydrogens (tertiary/aromatic N) is 3. The van der Waals surface area contributed by atoms with Crippen LogP contribution in [-0.2, 0) is 6.54 Å². The Balaban J connectivity index is 1.56. The first-order valence-corrected chi connectivity index (χ1v) is 7.98. The van der Waals surface area contributed by atoms with E-state index in [4.69, 9.17) is 0 Å². The monoisotopic (exact) mass is 292 g/mol. The fourth-order valence-corrected chi connectivity index (χ4v) is 3.19. The predicted molar refractivity (Wildman–Crippen MR) is 88.6 cm³/mol. The van der Waals surface area contributed by atoms with Gasteiger partial charge in [-0.1, -0.05) is 36.4 Å². The van der Waals surface area contributed by atoms with Crippen LogP contribution in [0.15, 0.2) is 48.8 Å². The van der Waals surface area contributed by atoms with Crippen molar-refractivity contribution in [3.8, 4) is 11.4 Å². The molecule has 0 aliphatic carbocycles. The molecule has 0 bridgehead atoms. The molecule has 0 saturated carbocycles. The maximum absolute atomic E-state index is 4.66. The lowest BCUT2D eigenvalue weighted by Gasteiger charge is -2.22. The van der Waals surface area contributed by atoms with E-state index in [1.807, 2.05) is 11.0 Å². The number of piperidine rings is 1. The minimum Gasteiger partial charge on any atom is -0.316 e. The standard InChI is InChI=1S/C18H20N4/c1-2-6-16-10-17(8-7-15(16)5-1)18-20-13-22(21-18)12-14-4-3-9-19-11-14/h1-2,5-8,10,13-14,19H,3-4,9,11-12H2/t14-/m0/s1. The van der Waals surface area contributed by atoms with Crippen molar-refractivity contribution in [3.63, 3.8) is 0 Å². The SMILES string of the molecule is c1ccc2cc(-c3ncn(C[C@H]4CCCNC4)n3)ccc2c1. The minimum absolute atomic E-state index is 0.667. The van der Waals surface area contributed by atoms with E-state index in [-0.39, 0.29) is 0 Å². The summed E-state index contributed by atoms with van der Waals surface area (Å²) in [7, 11) is 0. The molecule has 1 fully saturated rings. The highest BCUT2D eigenvalue weighted by molar-refractivity contribution is 5.86. The van der Waals surface area contributed by atoms with Gasteiger partial charge in [0.25, 0.3) is 0 Å². The van der Waals surface area contributed by atoms with Gasteiger partial charge in [0.2, 0.25) is 0 Å². The van der Waals surface area contributed by atoms with Crippen molar-refractivity contribution in [2.45, 2.75) is 19.4 Å². The molecule has 0 amide bonds. The van der Waals surface area contributed by atoms with Gasteiger partial charge in [0.05, 0.1) is 0 Å². The maximum atomic E-state index is 4.66. The fraction of sp³-hybridized carbons (Fsp3) is 0.333. The van der Waals surface area contributed by atoms with Gasteiger partial charge in [-0.2, -0.15) is 5.10 Å². The highest BCUT2D eigenvalue weighted by atomic mass is 15.3. The zero-order valence-electron chi connectivity index (χ0n) is 12.6. The summed E-state index contributed by atoms with van der Waals surface area (Å²) in [4.78, 5) is 4.49. The molecule has 1 N–H and O–H groups in total. The van der Waals surface area contributed by atoms with E-state index in [0.717, 1.165) is 31.0 Å². The van der Waals surface area contributed by atoms with Gasteiger partial charge >= 0.3 is 0 Å². The molecule has 112 valence electrons. The Morgan fingerprint density at radius 2 is 2.05 bits per heavy atom. The maximum Gasteiger partial charge on any atom is 0.181 e. The van der Waals surface area contributed by atoms with E-state index in [1.165, 1.54) is 23.6 Å². The molecule has 2 aromatic carbocycles. The number of aromatic nitrogens is 3. The molecule has 1 atom stereocenters. The molecule has 3 aromatic rings. The number of fused-ring (bicyclic) bond motifs is 1. The normalized spacial score (nSPS) is 18.6. The van der Waals surface area contributed by atoms with Crippen LogP contribution in [0.25, 0.3) is 22.2 Å². The van der Waals surface area contributed by atoms with Gasteiger partial charge < -0.3 is 5.32 Å². The van der Waals surface area contributed by atoms with Crippen molar-refractivity contribution >= 4 is 10.8 Å². The number of rotatable bonds is 3. The average molecular weight is 292 g/mol. The summed E-state index contributed by atoms with van der Waals surface area (Å²) < 4.78 is 1.99. The molecule has 4 nitrogen and oxygen atoms in total. The summed E-state index contributed by atoms with van der Waals surface area (Å²) in [6.45, 7) is 3.19. The van der Waals surface area contributed by atoms with Crippen molar-refractivity contribution < 1.29 is 0 Å². The lowest BCUT2D eigenvalue weighted by atomic mass is 10.00. The summed E-state index contributed by atoms with van der Waals surface area (Å²) in [5, 5.41) is 10.6. The number of hydrogen-bond acceptors (Lipinski definition) is 3. The largest absolute Gasteiger partial charge is 0.316 e. The zero-order chi connectivity index (χ0) is 14.8. The van der Waals surface area contributed by atoms with Crippen molar-refractivity contribution in [2.24, 2.45) is 5.92 Å². The van der Waals surface area contributed by atoms with Crippen molar-refractivity contribution in [1.29, 1.82) is 0 Å². The first-order valence-electron chi connectivity index (χ1n) is 7.98. The summed E-state index contributed by atoms with van der Waals surface area (Å²) >= 11 is 0. The van der Waals surface area contributed by atoms with Gasteiger partial charge in [-0.15, -0.1) is 0 Å². The molecule has 4 heteroatoms. The Morgan fingerprint density at radius 3 is 2.91 bits per heavy atom. The topological polar surface area (TPSA) is 42.7 Å². The predicted octanol–water partition coefficient (Wildman–Crippen LogP) is 3.10. The molecule has 0 spiro atoms. The lowest BCUT2D eigenvalue weighted by molar-refractivity contribution is 0.325. The molecule has 1 saturated heterocycles. The molecule has 22 heavy (non-hydrogen) atoms. The quantitative estimate of drug-likeness (QED) is 0.806. The molecular formula is C18H20N4. The molecule has 1 aliphatic heterocycles. The van der Waals surface area contributed by atoms with E-state index in [0.29, 0.717) is 5.92 Å². The molecule has 4 rings (SSSR count). The lowest BCUT2D eigenvalue weighted by Crippen LogP contribution is -2.32. The van der Waals surface area contributed by atoms with Crippen LogP contribution in [0.4, 0.5) is 0 Å². The average Bonchev–Trinajstić information content (AvgIpc) is 3.04. The van der Waals surface area contributed by atoms with Gasteiger partial charge in [-0.05, 0) is 48.7 Å². The summed E-state index contributed by atoms with van der Waals surface area (Å²) in [6, 6.07) is 14.8. The van der Waals surface area contributed by atoms with Crippen molar-refractivity contribution in [3.05, 3.63) is 48.8 Å². The summed E-state index contributed by atoms with van der Waals surface area (Å²) in [5.41, 5.74) is 1.08. The van der Waals surface area contributed by atoms with Crippen molar-refractivity contribution in [1.82, 2.24) is 20.1 Å². The van der Waals surface area contributed by atoms with Gasteiger partial charge in [0.1, 0.15) is 6.33 Å². The second kappa shape index (κ2) is 5.89. The molecular weight excluding hydrogens is 272 g/mol. The molecule has 0 radical (unpaired) electrons. The van der Waals surface area contributed by atoms with Gasteiger partial charge in [-0.3, -0.25) is 4.68 Å². The van der Waals surface area contributed by atoms with Crippen LogP contribution in [0.3, 0.4) is 0 Å². The highest BCUT2D eigenvalue weighted by Gasteiger charge is 2.14. The summed E-state index contributed by atoms with van der Waals surface area (Å²) in [5.74, 6) is 1.48. The zero-order valence-corrected chi connectivity index (χ0v) is 12.6. The van der Waals surface area contributed by atoms with E-state index >= 15 is 0 Å². The first kappa shape index (κ1) is 13.5. The number of nitrogens with one attached hydrogen (secondary N) is 1. The van der Waals surface area contributed by atoms with Crippen LogP contribution in [0.2, 0.25) is 0 Å². The van der Waals surface area contributed by atoms with Gasteiger partial charge in [0.15, 0.2) is 5.82 Å². The van der Waals surface area contributed by atoms with Crippen LogP contribution in [0.1, 0.15) is 12.8 Å². The number of benzene rings is 2. The third-order valence-electron chi connectivity index (χ3n) is 4.39. The second-order valence-corrected chi connectivity index (χ2v) is 6.06. The van der Waals surface area contributed by atoms with Crippen LogP contribution in [0.5, 0.6) is 0 Å². The summed E-state index contributed by atoms with van der Waals surface area (Å²) in [6.07, 6.45) is 4.40.